The number of rotatable bonds is 10. The van der Waals surface area contributed by atoms with E-state index >= 15 is 0 Å². The fraction of sp³-hybridized carbons (Fsp3) is 0.625. The van der Waals surface area contributed by atoms with Crippen molar-refractivity contribution in [3.05, 3.63) is 12.1 Å². The number of hydrogen-bond donors (Lipinski definition) is 3. The second-order valence-corrected chi connectivity index (χ2v) is 8.56. The molecule has 9 nitrogen and oxygen atoms in total. The Morgan fingerprint density at radius 1 is 0.879 bits per heavy atom. The van der Waals surface area contributed by atoms with E-state index in [1.165, 1.54) is 20.6 Å². The van der Waals surface area contributed by atoms with Crippen molar-refractivity contribution in [2.24, 2.45) is 5.92 Å². The fourth-order valence-corrected chi connectivity index (χ4v) is 4.25. The molecule has 182 valence electrons. The van der Waals surface area contributed by atoms with Crippen LogP contribution in [0.1, 0.15) is 57.8 Å². The molecule has 3 N–H and O–H groups in total. The summed E-state index contributed by atoms with van der Waals surface area (Å²) in [6.07, 6.45) is 7.21. The summed E-state index contributed by atoms with van der Waals surface area (Å²) in [5, 5.41) is 8.52. The third kappa shape index (κ3) is 7.35. The highest BCUT2D eigenvalue weighted by Gasteiger charge is 2.23. The van der Waals surface area contributed by atoms with Gasteiger partial charge in [-0.2, -0.15) is 0 Å². The van der Waals surface area contributed by atoms with Crippen LogP contribution in [-0.4, -0.2) is 51.2 Å². The van der Waals surface area contributed by atoms with E-state index in [1.54, 1.807) is 12.1 Å². The molecule has 1 atom stereocenters. The molecule has 2 aliphatic rings. The zero-order valence-corrected chi connectivity index (χ0v) is 19.5. The second-order valence-electron chi connectivity index (χ2n) is 8.56. The minimum absolute atomic E-state index is 0.000193. The average molecular weight is 462 g/mol. The van der Waals surface area contributed by atoms with Crippen molar-refractivity contribution in [3.8, 4) is 11.5 Å². The van der Waals surface area contributed by atoms with Gasteiger partial charge in [0.05, 0.1) is 31.7 Å². The standard InChI is InChI=1S/C24H35N3O6/c1-31-20-14-19(27-24(30)16-7-4-3-5-8-16)21(32-2)13-18(20)26-23(29)11-10-22(28)25-15-17-9-6-12-33-17/h13-14,16-17H,3-12,15H2,1-2H3,(H,25,28)(H,26,29)(H,27,30). The Morgan fingerprint density at radius 2 is 1.52 bits per heavy atom. The summed E-state index contributed by atoms with van der Waals surface area (Å²) in [6, 6.07) is 3.26. The molecular weight excluding hydrogens is 426 g/mol. The van der Waals surface area contributed by atoms with Gasteiger partial charge in [0, 0.05) is 44.0 Å². The molecule has 1 aliphatic heterocycles. The van der Waals surface area contributed by atoms with E-state index in [0.717, 1.165) is 45.1 Å². The fourth-order valence-electron chi connectivity index (χ4n) is 4.25. The largest absolute Gasteiger partial charge is 0.494 e. The van der Waals surface area contributed by atoms with Crippen LogP contribution in [0.2, 0.25) is 0 Å². The number of methoxy groups -OCH3 is 2. The van der Waals surface area contributed by atoms with Crippen LogP contribution in [0.5, 0.6) is 11.5 Å². The number of nitrogens with one attached hydrogen (secondary N) is 3. The summed E-state index contributed by atoms with van der Waals surface area (Å²) in [5.74, 6) is 0.282. The Balaban J connectivity index is 1.55. The lowest BCUT2D eigenvalue weighted by Gasteiger charge is -2.22. The van der Waals surface area contributed by atoms with Crippen LogP contribution in [0.15, 0.2) is 12.1 Å². The third-order valence-corrected chi connectivity index (χ3v) is 6.16. The van der Waals surface area contributed by atoms with Crippen molar-refractivity contribution < 1.29 is 28.6 Å². The Bertz CT molecular complexity index is 832. The molecule has 33 heavy (non-hydrogen) atoms. The third-order valence-electron chi connectivity index (χ3n) is 6.16. The number of anilines is 2. The summed E-state index contributed by atoms with van der Waals surface area (Å²) in [5.41, 5.74) is 0.909. The smallest absolute Gasteiger partial charge is 0.227 e. The molecule has 0 radical (unpaired) electrons. The van der Waals surface area contributed by atoms with Gasteiger partial charge >= 0.3 is 0 Å². The number of benzene rings is 1. The van der Waals surface area contributed by atoms with Gasteiger partial charge in [-0.3, -0.25) is 14.4 Å². The van der Waals surface area contributed by atoms with Crippen LogP contribution >= 0.6 is 0 Å². The molecule has 1 heterocycles. The maximum Gasteiger partial charge on any atom is 0.227 e. The van der Waals surface area contributed by atoms with E-state index in [0.29, 0.717) is 29.4 Å². The Labute approximate surface area is 194 Å². The highest BCUT2D eigenvalue weighted by atomic mass is 16.5. The first-order chi connectivity index (χ1) is 16.0. The van der Waals surface area contributed by atoms with Gasteiger partial charge in [-0.15, -0.1) is 0 Å². The van der Waals surface area contributed by atoms with Crippen LogP contribution in [0.4, 0.5) is 11.4 Å². The summed E-state index contributed by atoms with van der Waals surface area (Å²) in [6.45, 7) is 1.21. The molecule has 1 saturated carbocycles. The first-order valence-electron chi connectivity index (χ1n) is 11.7. The molecule has 1 aromatic rings. The zero-order chi connectivity index (χ0) is 23.6. The van der Waals surface area contributed by atoms with Gasteiger partial charge in [0.1, 0.15) is 11.5 Å². The highest BCUT2D eigenvalue weighted by molar-refractivity contribution is 5.98. The van der Waals surface area contributed by atoms with E-state index in [2.05, 4.69) is 16.0 Å². The lowest BCUT2D eigenvalue weighted by Crippen LogP contribution is -2.32. The van der Waals surface area contributed by atoms with Crippen LogP contribution in [0, 0.1) is 5.92 Å². The van der Waals surface area contributed by atoms with E-state index in [4.69, 9.17) is 14.2 Å². The zero-order valence-electron chi connectivity index (χ0n) is 19.5. The number of carbonyl (C=O) groups excluding carboxylic acids is 3. The minimum Gasteiger partial charge on any atom is -0.494 e. The highest BCUT2D eigenvalue weighted by Crippen LogP contribution is 2.37. The SMILES string of the molecule is COc1cc(NC(=O)C2CCCCC2)c(OC)cc1NC(=O)CCC(=O)NCC1CCCO1. The van der Waals surface area contributed by atoms with E-state index in [9.17, 15) is 14.4 Å². The van der Waals surface area contributed by atoms with Gasteiger partial charge in [0.25, 0.3) is 0 Å². The first kappa shape index (κ1) is 24.8. The maximum absolute atomic E-state index is 12.7. The minimum atomic E-state index is -0.318. The van der Waals surface area contributed by atoms with E-state index in [1.807, 2.05) is 0 Å². The summed E-state index contributed by atoms with van der Waals surface area (Å²) < 4.78 is 16.3. The predicted octanol–water partition coefficient (Wildman–Crippen LogP) is 3.24. The van der Waals surface area contributed by atoms with Crippen molar-refractivity contribution in [2.75, 3.05) is 38.0 Å². The molecule has 2 fully saturated rings. The van der Waals surface area contributed by atoms with Gasteiger partial charge in [0.2, 0.25) is 17.7 Å². The lowest BCUT2D eigenvalue weighted by molar-refractivity contribution is -0.124. The molecule has 9 heteroatoms. The van der Waals surface area contributed by atoms with Crippen molar-refractivity contribution in [1.29, 1.82) is 0 Å². The van der Waals surface area contributed by atoms with E-state index in [-0.39, 0.29) is 42.6 Å². The quantitative estimate of drug-likeness (QED) is 0.493. The molecule has 1 aromatic carbocycles. The monoisotopic (exact) mass is 461 g/mol. The summed E-state index contributed by atoms with van der Waals surface area (Å²) >= 11 is 0. The van der Waals surface area contributed by atoms with Crippen LogP contribution in [-0.2, 0) is 19.1 Å². The van der Waals surface area contributed by atoms with Crippen molar-refractivity contribution in [2.45, 2.75) is 63.9 Å². The van der Waals surface area contributed by atoms with E-state index < -0.39 is 0 Å². The Hall–Kier alpha value is -2.81. The lowest BCUT2D eigenvalue weighted by atomic mass is 9.88. The summed E-state index contributed by atoms with van der Waals surface area (Å²) in [7, 11) is 2.99. The summed E-state index contributed by atoms with van der Waals surface area (Å²) in [4.78, 5) is 37.1. The van der Waals surface area contributed by atoms with Gasteiger partial charge < -0.3 is 30.2 Å². The van der Waals surface area contributed by atoms with Crippen LogP contribution < -0.4 is 25.4 Å². The Kier molecular flexibility index (Phi) is 9.35. The molecule has 1 aliphatic carbocycles. The molecule has 1 saturated heterocycles. The Morgan fingerprint density at radius 3 is 2.12 bits per heavy atom. The predicted molar refractivity (Wildman–Crippen MR) is 125 cm³/mol. The van der Waals surface area contributed by atoms with Crippen molar-refractivity contribution in [3.63, 3.8) is 0 Å². The van der Waals surface area contributed by atoms with Crippen molar-refractivity contribution in [1.82, 2.24) is 5.32 Å². The first-order valence-corrected chi connectivity index (χ1v) is 11.7. The van der Waals surface area contributed by atoms with Gasteiger partial charge in [-0.1, -0.05) is 19.3 Å². The molecule has 0 bridgehead atoms. The van der Waals surface area contributed by atoms with Crippen LogP contribution in [0.25, 0.3) is 0 Å². The number of hydrogen-bond acceptors (Lipinski definition) is 6. The van der Waals surface area contributed by atoms with Crippen molar-refractivity contribution >= 4 is 29.1 Å². The molecule has 3 rings (SSSR count). The normalized spacial score (nSPS) is 18.4. The topological polar surface area (TPSA) is 115 Å². The molecule has 1 unspecified atom stereocenters. The van der Waals surface area contributed by atoms with Gasteiger partial charge in [-0.05, 0) is 25.7 Å². The maximum atomic E-state index is 12.7. The van der Waals surface area contributed by atoms with Crippen LogP contribution in [0.3, 0.4) is 0 Å². The molecule has 3 amide bonds. The van der Waals surface area contributed by atoms with Gasteiger partial charge in [0.15, 0.2) is 0 Å². The number of amides is 3. The number of ether oxygens (including phenoxy) is 3. The second kappa shape index (κ2) is 12.4. The number of carbonyl (C=O) groups is 3. The van der Waals surface area contributed by atoms with Gasteiger partial charge in [-0.25, -0.2) is 0 Å². The molecular formula is C24H35N3O6. The molecule has 0 spiro atoms. The molecule has 0 aromatic heterocycles. The average Bonchev–Trinajstić information content (AvgIpc) is 3.36.